The lowest BCUT2D eigenvalue weighted by Crippen LogP contribution is -2.22. The van der Waals surface area contributed by atoms with E-state index in [-0.39, 0.29) is 34.2 Å². The molecule has 5 rings (SSSR count). The van der Waals surface area contributed by atoms with Gasteiger partial charge < -0.3 is 14.4 Å². The average Bonchev–Trinajstić information content (AvgIpc) is 3.44. The van der Waals surface area contributed by atoms with E-state index >= 15 is 0 Å². The molecular weight excluding hydrogens is 509 g/mol. The summed E-state index contributed by atoms with van der Waals surface area (Å²) in [7, 11) is 1.69. The number of aromatic carboxylic acids is 1. The minimum atomic E-state index is -1.22. The van der Waals surface area contributed by atoms with Crippen LogP contribution < -0.4 is 4.74 Å². The van der Waals surface area contributed by atoms with Crippen molar-refractivity contribution in [3.05, 3.63) is 93.8 Å². The number of hydrogen-bond acceptors (Lipinski definition) is 5. The average molecular weight is 529 g/mol. The summed E-state index contributed by atoms with van der Waals surface area (Å²) < 4.78 is 50.2. The zero-order chi connectivity index (χ0) is 26.3. The van der Waals surface area contributed by atoms with Crippen LogP contribution in [0.4, 0.5) is 13.2 Å². The highest BCUT2D eigenvalue weighted by atomic mass is 35.5. The first-order valence-corrected chi connectivity index (χ1v) is 11.6. The molecule has 1 aliphatic heterocycles. The Morgan fingerprint density at radius 2 is 1.89 bits per heavy atom. The van der Waals surface area contributed by atoms with Crippen LogP contribution >= 0.6 is 11.6 Å². The van der Waals surface area contributed by atoms with Crippen LogP contribution in [0, 0.1) is 17.5 Å². The standard InChI is InChI=1S/C26H20ClF3N4O3/c1-33-21-9-15(26(35)36)8-20(30)25(21)32-23(33)12-34-7-6-14(11-34)24-18(28)4-3-17(31-24)13-37-22-5-2-16(27)10-19(22)29/h2-6,8-10H,7,11-13H2,1H3,(H,35,36). The van der Waals surface area contributed by atoms with E-state index in [0.29, 0.717) is 42.2 Å². The quantitative estimate of drug-likeness (QED) is 0.354. The lowest BCUT2D eigenvalue weighted by molar-refractivity contribution is 0.0696. The number of aryl methyl sites for hydroxylation is 1. The predicted molar refractivity (Wildman–Crippen MR) is 131 cm³/mol. The van der Waals surface area contributed by atoms with Crippen molar-refractivity contribution in [3.8, 4) is 5.75 Å². The van der Waals surface area contributed by atoms with Crippen molar-refractivity contribution in [3.63, 3.8) is 0 Å². The van der Waals surface area contributed by atoms with Gasteiger partial charge in [-0.15, -0.1) is 0 Å². The lowest BCUT2D eigenvalue weighted by Gasteiger charge is -2.16. The molecule has 0 radical (unpaired) electrons. The third kappa shape index (κ3) is 5.03. The Balaban J connectivity index is 1.30. The van der Waals surface area contributed by atoms with Crippen molar-refractivity contribution < 1.29 is 27.8 Å². The minimum Gasteiger partial charge on any atom is -0.484 e. The smallest absolute Gasteiger partial charge is 0.335 e. The largest absolute Gasteiger partial charge is 0.484 e. The molecule has 2 aromatic heterocycles. The number of benzene rings is 2. The van der Waals surface area contributed by atoms with E-state index in [0.717, 1.165) is 12.1 Å². The molecule has 2 aromatic carbocycles. The van der Waals surface area contributed by atoms with Gasteiger partial charge >= 0.3 is 5.97 Å². The molecule has 3 heterocycles. The monoisotopic (exact) mass is 528 g/mol. The van der Waals surface area contributed by atoms with Crippen molar-refractivity contribution in [2.45, 2.75) is 13.2 Å². The van der Waals surface area contributed by atoms with Crippen LogP contribution in [0.3, 0.4) is 0 Å². The Morgan fingerprint density at radius 3 is 2.65 bits per heavy atom. The van der Waals surface area contributed by atoms with Crippen LogP contribution in [0.2, 0.25) is 5.02 Å². The number of hydrogen-bond donors (Lipinski definition) is 1. The van der Waals surface area contributed by atoms with Gasteiger partial charge in [0.25, 0.3) is 0 Å². The fourth-order valence-electron chi connectivity index (χ4n) is 4.19. The van der Waals surface area contributed by atoms with Gasteiger partial charge in [0.1, 0.15) is 29.5 Å². The SMILES string of the molecule is Cn1c(CN2CC=C(c3nc(COc4ccc(Cl)cc4F)ccc3F)C2)nc2c(F)cc(C(=O)O)cc21. The Hall–Kier alpha value is -3.89. The van der Waals surface area contributed by atoms with Gasteiger partial charge in [0.05, 0.1) is 23.3 Å². The molecule has 0 aliphatic carbocycles. The highest BCUT2D eigenvalue weighted by molar-refractivity contribution is 6.30. The minimum absolute atomic E-state index is 0.0118. The Kier molecular flexibility index (Phi) is 6.61. The van der Waals surface area contributed by atoms with Crippen molar-refractivity contribution >= 4 is 34.2 Å². The number of rotatable bonds is 7. The molecule has 0 unspecified atom stereocenters. The summed E-state index contributed by atoms with van der Waals surface area (Å²) in [6.45, 7) is 1.12. The summed E-state index contributed by atoms with van der Waals surface area (Å²) in [6.07, 6.45) is 1.85. The molecule has 11 heteroatoms. The second-order valence-electron chi connectivity index (χ2n) is 8.61. The second-order valence-corrected chi connectivity index (χ2v) is 9.05. The van der Waals surface area contributed by atoms with E-state index in [1.165, 1.54) is 30.3 Å². The highest BCUT2D eigenvalue weighted by Crippen LogP contribution is 2.27. The number of nitrogens with zero attached hydrogens (tertiary/aromatic N) is 4. The number of pyridine rings is 1. The predicted octanol–water partition coefficient (Wildman–Crippen LogP) is 5.22. The van der Waals surface area contributed by atoms with Crippen LogP contribution in [0.15, 0.2) is 48.5 Å². The summed E-state index contributed by atoms with van der Waals surface area (Å²) in [5, 5.41) is 9.46. The molecule has 4 aromatic rings. The summed E-state index contributed by atoms with van der Waals surface area (Å²) in [4.78, 5) is 22.0. The van der Waals surface area contributed by atoms with E-state index in [2.05, 4.69) is 9.97 Å². The topological polar surface area (TPSA) is 80.5 Å². The first-order chi connectivity index (χ1) is 17.7. The zero-order valence-corrected chi connectivity index (χ0v) is 20.3. The van der Waals surface area contributed by atoms with Crippen LogP contribution in [-0.4, -0.2) is 43.6 Å². The number of carboxylic acid groups (broad SMARTS) is 1. The van der Waals surface area contributed by atoms with Gasteiger partial charge in [-0.25, -0.2) is 27.9 Å². The van der Waals surface area contributed by atoms with E-state index < -0.39 is 23.4 Å². The maximum absolute atomic E-state index is 14.7. The normalized spacial score (nSPS) is 13.8. The van der Waals surface area contributed by atoms with Crippen molar-refractivity contribution in [1.82, 2.24) is 19.4 Å². The summed E-state index contributed by atoms with van der Waals surface area (Å²) >= 11 is 5.76. The molecule has 37 heavy (non-hydrogen) atoms. The van der Waals surface area contributed by atoms with Gasteiger partial charge in [-0.1, -0.05) is 17.7 Å². The third-order valence-electron chi connectivity index (χ3n) is 6.11. The van der Waals surface area contributed by atoms with Crippen LogP contribution in [-0.2, 0) is 20.2 Å². The molecule has 1 aliphatic rings. The number of fused-ring (bicyclic) bond motifs is 1. The number of aromatic nitrogens is 3. The Morgan fingerprint density at radius 1 is 1.08 bits per heavy atom. The van der Waals surface area contributed by atoms with Crippen molar-refractivity contribution in [2.24, 2.45) is 7.05 Å². The number of carbonyl (C=O) groups is 1. The molecule has 0 spiro atoms. The van der Waals surface area contributed by atoms with Gasteiger partial charge in [0, 0.05) is 25.2 Å². The highest BCUT2D eigenvalue weighted by Gasteiger charge is 2.23. The zero-order valence-electron chi connectivity index (χ0n) is 19.5. The molecule has 0 saturated carbocycles. The Labute approximate surface area is 214 Å². The molecule has 190 valence electrons. The molecular formula is C26H20ClF3N4O3. The molecule has 0 atom stereocenters. The molecule has 0 fully saturated rings. The summed E-state index contributed by atoms with van der Waals surface area (Å²) in [6, 6.07) is 9.15. The maximum atomic E-state index is 14.7. The van der Waals surface area contributed by atoms with Crippen molar-refractivity contribution in [1.29, 1.82) is 0 Å². The molecule has 7 nitrogen and oxygen atoms in total. The van der Waals surface area contributed by atoms with Gasteiger partial charge in [0.15, 0.2) is 17.4 Å². The summed E-state index contributed by atoms with van der Waals surface area (Å²) in [5.74, 6) is -2.49. The van der Waals surface area contributed by atoms with Crippen molar-refractivity contribution in [2.75, 3.05) is 13.1 Å². The maximum Gasteiger partial charge on any atom is 0.335 e. The molecule has 0 saturated heterocycles. The lowest BCUT2D eigenvalue weighted by atomic mass is 10.1. The molecule has 0 amide bonds. The molecule has 0 bridgehead atoms. The summed E-state index contributed by atoms with van der Waals surface area (Å²) in [5.41, 5.74) is 1.56. The number of ether oxygens (including phenoxy) is 1. The van der Waals surface area contributed by atoms with E-state index in [4.69, 9.17) is 16.3 Å². The second kappa shape index (κ2) is 9.87. The first-order valence-electron chi connectivity index (χ1n) is 11.2. The van der Waals surface area contributed by atoms with Crippen LogP contribution in [0.25, 0.3) is 16.6 Å². The van der Waals surface area contributed by atoms with E-state index in [1.54, 1.807) is 11.6 Å². The Bertz CT molecular complexity index is 1570. The fraction of sp³-hybridized carbons (Fsp3) is 0.192. The third-order valence-corrected chi connectivity index (χ3v) is 6.35. The van der Waals surface area contributed by atoms with E-state index in [1.807, 2.05) is 11.0 Å². The number of imidazole rings is 1. The fourth-order valence-corrected chi connectivity index (χ4v) is 4.35. The van der Waals surface area contributed by atoms with Gasteiger partial charge in [-0.3, -0.25) is 4.90 Å². The first kappa shape index (κ1) is 24.8. The van der Waals surface area contributed by atoms with Gasteiger partial charge in [-0.2, -0.15) is 0 Å². The molecule has 1 N–H and O–H groups in total. The van der Waals surface area contributed by atoms with Gasteiger partial charge in [0.2, 0.25) is 0 Å². The number of halogens is 4. The van der Waals surface area contributed by atoms with Crippen LogP contribution in [0.1, 0.15) is 27.6 Å². The van der Waals surface area contributed by atoms with E-state index in [9.17, 15) is 23.1 Å². The number of carboxylic acids is 1. The van der Waals surface area contributed by atoms with Crippen LogP contribution in [0.5, 0.6) is 5.75 Å². The van der Waals surface area contributed by atoms with Gasteiger partial charge in [-0.05, 0) is 48.0 Å².